The molecule has 3 rings (SSSR count). The minimum Gasteiger partial charge on any atom is -0.505 e. The lowest BCUT2D eigenvalue weighted by atomic mass is 10.1. The Morgan fingerprint density at radius 3 is 2.56 bits per heavy atom. The Hall–Kier alpha value is -2.59. The number of nitrogens with zero attached hydrogens (tertiary/aromatic N) is 1. The van der Waals surface area contributed by atoms with E-state index in [0.717, 1.165) is 0 Å². The van der Waals surface area contributed by atoms with E-state index in [1.807, 2.05) is 40.8 Å². The summed E-state index contributed by atoms with van der Waals surface area (Å²) in [6.45, 7) is -0.601. The van der Waals surface area contributed by atoms with Gasteiger partial charge in [-0.3, -0.25) is 9.59 Å². The van der Waals surface area contributed by atoms with E-state index >= 15 is 0 Å². The minimum atomic E-state index is -1.22. The molecule has 7 nitrogen and oxygen atoms in total. The molecule has 138 valence electrons. The molecule has 9 heteroatoms. The summed E-state index contributed by atoms with van der Waals surface area (Å²) in [7, 11) is 0. The number of carboxylic acid groups (broad SMARTS) is 1. The van der Waals surface area contributed by atoms with Crippen molar-refractivity contribution in [3.05, 3.63) is 56.9 Å². The van der Waals surface area contributed by atoms with Gasteiger partial charge in [-0.15, -0.1) is 0 Å². The Labute approximate surface area is 172 Å². The van der Waals surface area contributed by atoms with Crippen molar-refractivity contribution in [2.24, 2.45) is 0 Å². The van der Waals surface area contributed by atoms with Crippen molar-refractivity contribution in [2.75, 3.05) is 6.54 Å². The van der Waals surface area contributed by atoms with E-state index in [4.69, 9.17) is 21.4 Å². The van der Waals surface area contributed by atoms with E-state index in [1.54, 1.807) is 24.3 Å². The topological polar surface area (TPSA) is 109 Å². The molecule has 0 aliphatic heterocycles. The van der Waals surface area contributed by atoms with Crippen LogP contribution in [-0.4, -0.2) is 33.6 Å². The van der Waals surface area contributed by atoms with E-state index in [1.165, 1.54) is 0 Å². The molecule has 0 fully saturated rings. The summed E-state index contributed by atoms with van der Waals surface area (Å²) < 4.78 is 6.38. The molecule has 2 aromatic carbocycles. The number of nitrogens with one attached hydrogen (secondary N) is 1. The zero-order valence-corrected chi connectivity index (χ0v) is 16.5. The van der Waals surface area contributed by atoms with Crippen LogP contribution >= 0.6 is 34.2 Å². The Morgan fingerprint density at radius 2 is 1.89 bits per heavy atom. The fourth-order valence-electron chi connectivity index (χ4n) is 2.40. The first-order valence-electron chi connectivity index (χ1n) is 7.61. The van der Waals surface area contributed by atoms with Gasteiger partial charge in [-0.25, -0.2) is 4.98 Å². The predicted octanol–water partition coefficient (Wildman–Crippen LogP) is 3.81. The summed E-state index contributed by atoms with van der Waals surface area (Å²) in [5, 5.41) is 22.0. The average Bonchev–Trinajstić information content (AvgIpc) is 2.63. The lowest BCUT2D eigenvalue weighted by molar-refractivity contribution is -0.135. The van der Waals surface area contributed by atoms with Gasteiger partial charge in [0.15, 0.2) is 11.4 Å². The molecule has 0 spiro atoms. The third kappa shape index (κ3) is 4.22. The Kier molecular flexibility index (Phi) is 5.66. The van der Waals surface area contributed by atoms with E-state index in [9.17, 15) is 14.7 Å². The number of para-hydroxylation sites is 1. The van der Waals surface area contributed by atoms with Crippen molar-refractivity contribution in [3.63, 3.8) is 0 Å². The standard InChI is InChI=1S/C18H12ClIN2O5/c19-17-11-6-10(27-9-4-2-1-3-5-9)7-12(20)14(11)16(25)15(22-17)18(26)21-8-13(23)24/h1-7,25H,8H2,(H,21,26)(H,23,24). The van der Waals surface area contributed by atoms with Gasteiger partial charge in [0.05, 0.1) is 0 Å². The molecule has 3 N–H and O–H groups in total. The number of fused-ring (bicyclic) bond motifs is 1. The molecule has 27 heavy (non-hydrogen) atoms. The number of carboxylic acids is 1. The minimum absolute atomic E-state index is 0.0142. The zero-order chi connectivity index (χ0) is 19.6. The second-order valence-electron chi connectivity index (χ2n) is 5.42. The molecule has 0 aliphatic rings. The SMILES string of the molecule is O=C(O)CNC(=O)c1nc(Cl)c2cc(Oc3ccccc3)cc(I)c2c1O. The normalized spacial score (nSPS) is 10.6. The maximum absolute atomic E-state index is 12.1. The number of hydrogen-bond acceptors (Lipinski definition) is 5. The zero-order valence-electron chi connectivity index (χ0n) is 13.6. The summed E-state index contributed by atoms with van der Waals surface area (Å²) in [6, 6.07) is 12.4. The van der Waals surface area contributed by atoms with Crippen LogP contribution in [-0.2, 0) is 4.79 Å². The monoisotopic (exact) mass is 498 g/mol. The number of ether oxygens (including phenoxy) is 1. The predicted molar refractivity (Wildman–Crippen MR) is 108 cm³/mol. The number of carbonyl (C=O) groups excluding carboxylic acids is 1. The Bertz CT molecular complexity index is 1040. The van der Waals surface area contributed by atoms with Crippen molar-refractivity contribution < 1.29 is 24.5 Å². The first-order chi connectivity index (χ1) is 12.9. The highest BCUT2D eigenvalue weighted by Gasteiger charge is 2.21. The van der Waals surface area contributed by atoms with Gasteiger partial charge >= 0.3 is 5.97 Å². The van der Waals surface area contributed by atoms with Gasteiger partial charge in [-0.1, -0.05) is 29.8 Å². The van der Waals surface area contributed by atoms with Gasteiger partial charge in [-0.2, -0.15) is 0 Å². The van der Waals surface area contributed by atoms with Crippen LogP contribution in [0.4, 0.5) is 0 Å². The fraction of sp³-hybridized carbons (Fsp3) is 0.0556. The molecule has 3 aromatic rings. The number of aliphatic carboxylic acids is 1. The maximum atomic E-state index is 12.1. The molecule has 0 radical (unpaired) electrons. The van der Waals surface area contributed by atoms with Gasteiger partial charge in [0.25, 0.3) is 5.91 Å². The number of rotatable bonds is 5. The average molecular weight is 499 g/mol. The summed E-state index contributed by atoms with van der Waals surface area (Å²) in [5.41, 5.74) is -0.344. The first-order valence-corrected chi connectivity index (χ1v) is 9.07. The number of hydrogen-bond donors (Lipinski definition) is 3. The lowest BCUT2D eigenvalue weighted by Gasteiger charge is -2.13. The molecule has 1 amide bonds. The van der Waals surface area contributed by atoms with Crippen molar-refractivity contribution >= 4 is 56.8 Å². The van der Waals surface area contributed by atoms with Crippen LogP contribution in [0.2, 0.25) is 5.15 Å². The van der Waals surface area contributed by atoms with Gasteiger partial charge in [0.2, 0.25) is 0 Å². The van der Waals surface area contributed by atoms with E-state index in [0.29, 0.717) is 25.8 Å². The highest BCUT2D eigenvalue weighted by Crippen LogP contribution is 2.38. The molecule has 0 bridgehead atoms. The van der Waals surface area contributed by atoms with Gasteiger partial charge in [0.1, 0.15) is 23.2 Å². The number of aromatic nitrogens is 1. The molecule has 1 aromatic heterocycles. The molecule has 0 atom stereocenters. The molecule has 0 aliphatic carbocycles. The maximum Gasteiger partial charge on any atom is 0.322 e. The number of halogens is 2. The van der Waals surface area contributed by atoms with Crippen molar-refractivity contribution in [1.29, 1.82) is 0 Å². The molecular formula is C18H12ClIN2O5. The summed E-state index contributed by atoms with van der Waals surface area (Å²) in [4.78, 5) is 26.6. The number of carbonyl (C=O) groups is 2. The highest BCUT2D eigenvalue weighted by molar-refractivity contribution is 14.1. The van der Waals surface area contributed by atoms with E-state index < -0.39 is 18.4 Å². The quantitative estimate of drug-likeness (QED) is 0.365. The number of pyridine rings is 1. The van der Waals surface area contributed by atoms with Crippen LogP contribution in [0.5, 0.6) is 17.2 Å². The van der Waals surface area contributed by atoms with Crippen molar-refractivity contribution in [3.8, 4) is 17.2 Å². The Balaban J connectivity index is 2.04. The largest absolute Gasteiger partial charge is 0.505 e. The molecule has 0 unspecified atom stereocenters. The van der Waals surface area contributed by atoms with Crippen molar-refractivity contribution in [1.82, 2.24) is 10.3 Å². The summed E-state index contributed by atoms with van der Waals surface area (Å²) in [5.74, 6) is -1.31. The van der Waals surface area contributed by atoms with Crippen LogP contribution in [0, 0.1) is 3.57 Å². The molecule has 1 heterocycles. The lowest BCUT2D eigenvalue weighted by Crippen LogP contribution is -2.30. The smallest absolute Gasteiger partial charge is 0.322 e. The van der Waals surface area contributed by atoms with Crippen LogP contribution in [0.3, 0.4) is 0 Å². The van der Waals surface area contributed by atoms with Crippen LogP contribution in [0.1, 0.15) is 10.5 Å². The molecule has 0 saturated carbocycles. The van der Waals surface area contributed by atoms with Gasteiger partial charge in [0, 0.05) is 14.3 Å². The van der Waals surface area contributed by atoms with Crippen LogP contribution in [0.25, 0.3) is 10.8 Å². The van der Waals surface area contributed by atoms with E-state index in [-0.39, 0.29) is 16.6 Å². The second kappa shape index (κ2) is 7.97. The third-order valence-electron chi connectivity index (χ3n) is 3.55. The van der Waals surface area contributed by atoms with Gasteiger partial charge in [-0.05, 0) is 46.9 Å². The summed E-state index contributed by atoms with van der Waals surface area (Å²) in [6.07, 6.45) is 0. The van der Waals surface area contributed by atoms with Crippen LogP contribution < -0.4 is 10.1 Å². The second-order valence-corrected chi connectivity index (χ2v) is 6.94. The Morgan fingerprint density at radius 1 is 1.19 bits per heavy atom. The number of aromatic hydroxyl groups is 1. The first kappa shape index (κ1) is 19.2. The van der Waals surface area contributed by atoms with Crippen LogP contribution in [0.15, 0.2) is 42.5 Å². The van der Waals surface area contributed by atoms with E-state index in [2.05, 4.69) is 10.3 Å². The molecular weight excluding hydrogens is 487 g/mol. The number of benzene rings is 2. The molecule has 0 saturated heterocycles. The fourth-order valence-corrected chi connectivity index (χ4v) is 3.48. The summed E-state index contributed by atoms with van der Waals surface area (Å²) >= 11 is 8.20. The van der Waals surface area contributed by atoms with Gasteiger partial charge < -0.3 is 20.3 Å². The number of amides is 1. The van der Waals surface area contributed by atoms with Crippen molar-refractivity contribution in [2.45, 2.75) is 0 Å². The third-order valence-corrected chi connectivity index (χ3v) is 4.69. The highest BCUT2D eigenvalue weighted by atomic mass is 127.